The Balaban J connectivity index is 0. The van der Waals surface area contributed by atoms with Gasteiger partial charge in [0.2, 0.25) is 0 Å². The van der Waals surface area contributed by atoms with E-state index < -0.39 is 0 Å². The topological polar surface area (TPSA) is 9.23 Å². The van der Waals surface area contributed by atoms with Crippen molar-refractivity contribution >= 4 is 23.9 Å². The molecule has 0 bridgehead atoms. The van der Waals surface area contributed by atoms with E-state index in [1.807, 2.05) is 0 Å². The van der Waals surface area contributed by atoms with Crippen LogP contribution in [0.2, 0.25) is 0 Å². The van der Waals surface area contributed by atoms with Crippen molar-refractivity contribution in [2.45, 2.75) is 90.9 Å². The quantitative estimate of drug-likeness (QED) is 0.300. The van der Waals surface area contributed by atoms with E-state index >= 15 is 0 Å². The van der Waals surface area contributed by atoms with Gasteiger partial charge in [-0.2, -0.15) is 0 Å². The van der Waals surface area contributed by atoms with Crippen molar-refractivity contribution in [3.63, 3.8) is 0 Å². The Morgan fingerprint density at radius 2 is 0.833 bits per heavy atom. The molecular formula is C16H34OSn+2. The fourth-order valence-electron chi connectivity index (χ4n) is 2.07. The second kappa shape index (κ2) is 20.1. The maximum atomic E-state index is 5.65. The van der Waals surface area contributed by atoms with E-state index in [0.717, 1.165) is 13.2 Å². The standard InChI is InChI=1S/C16H34O.Sn/c1-3-5-7-9-11-13-15-17-16-14-12-10-8-6-4-2;/h3-16H2,1-2H3;/q;+2. The van der Waals surface area contributed by atoms with Crippen LogP contribution in [0.15, 0.2) is 0 Å². The first-order chi connectivity index (χ1) is 8.41. The molecule has 0 heterocycles. The second-order valence-electron chi connectivity index (χ2n) is 5.15. The van der Waals surface area contributed by atoms with Crippen LogP contribution in [0.25, 0.3) is 0 Å². The molecule has 0 fully saturated rings. The fourth-order valence-corrected chi connectivity index (χ4v) is 2.07. The summed E-state index contributed by atoms with van der Waals surface area (Å²) in [6.07, 6.45) is 16.3. The molecule has 2 radical (unpaired) electrons. The van der Waals surface area contributed by atoms with Crippen molar-refractivity contribution in [1.29, 1.82) is 0 Å². The average molecular weight is 361 g/mol. The van der Waals surface area contributed by atoms with Gasteiger partial charge in [-0.05, 0) is 12.8 Å². The van der Waals surface area contributed by atoms with Crippen LogP contribution in [0.1, 0.15) is 90.9 Å². The van der Waals surface area contributed by atoms with Gasteiger partial charge in [-0.3, -0.25) is 0 Å². The third-order valence-corrected chi connectivity index (χ3v) is 3.28. The van der Waals surface area contributed by atoms with E-state index in [-0.39, 0.29) is 23.9 Å². The SMILES string of the molecule is CCCCCCCCOCCCCCCCC.[Sn+2]. The Morgan fingerprint density at radius 3 is 1.22 bits per heavy atom. The van der Waals surface area contributed by atoms with E-state index in [2.05, 4.69) is 13.8 Å². The van der Waals surface area contributed by atoms with Crippen LogP contribution in [-0.2, 0) is 4.74 Å². The summed E-state index contributed by atoms with van der Waals surface area (Å²) in [7, 11) is 0. The van der Waals surface area contributed by atoms with E-state index in [1.54, 1.807) is 0 Å². The molecule has 0 aliphatic heterocycles. The van der Waals surface area contributed by atoms with Crippen LogP contribution in [-0.4, -0.2) is 37.1 Å². The third-order valence-electron chi connectivity index (χ3n) is 3.28. The summed E-state index contributed by atoms with van der Waals surface area (Å²) in [5.41, 5.74) is 0. The van der Waals surface area contributed by atoms with Gasteiger partial charge >= 0.3 is 23.9 Å². The number of ether oxygens (including phenoxy) is 1. The zero-order chi connectivity index (χ0) is 12.6. The molecule has 0 aliphatic carbocycles. The first-order valence-corrected chi connectivity index (χ1v) is 7.99. The van der Waals surface area contributed by atoms with Crippen LogP contribution in [0.5, 0.6) is 0 Å². The Hall–Kier alpha value is 0.759. The fraction of sp³-hybridized carbons (Fsp3) is 1.00. The Bertz CT molecular complexity index is 114. The number of rotatable bonds is 14. The maximum absolute atomic E-state index is 5.65. The first kappa shape index (κ1) is 21.1. The molecule has 0 aromatic carbocycles. The number of hydrogen-bond acceptors (Lipinski definition) is 1. The van der Waals surface area contributed by atoms with Gasteiger partial charge in [0.25, 0.3) is 0 Å². The van der Waals surface area contributed by atoms with Crippen LogP contribution in [0.4, 0.5) is 0 Å². The Labute approximate surface area is 132 Å². The predicted molar refractivity (Wildman–Crippen MR) is 83.3 cm³/mol. The van der Waals surface area contributed by atoms with E-state index in [1.165, 1.54) is 77.0 Å². The van der Waals surface area contributed by atoms with Crippen LogP contribution in [0, 0.1) is 0 Å². The smallest absolute Gasteiger partial charge is 0.381 e. The van der Waals surface area contributed by atoms with Crippen molar-refractivity contribution in [2.24, 2.45) is 0 Å². The van der Waals surface area contributed by atoms with E-state index in [9.17, 15) is 0 Å². The molecule has 0 spiro atoms. The molecule has 0 atom stereocenters. The normalized spacial score (nSPS) is 10.3. The molecule has 18 heavy (non-hydrogen) atoms. The molecule has 0 amide bonds. The summed E-state index contributed by atoms with van der Waals surface area (Å²) in [5, 5.41) is 0. The minimum absolute atomic E-state index is 0. The molecule has 1 nitrogen and oxygen atoms in total. The molecule has 0 aromatic rings. The summed E-state index contributed by atoms with van der Waals surface area (Å²) < 4.78 is 5.65. The maximum Gasteiger partial charge on any atom is 2.00 e. The molecule has 0 saturated heterocycles. The molecule has 106 valence electrons. The summed E-state index contributed by atoms with van der Waals surface area (Å²) in [4.78, 5) is 0. The van der Waals surface area contributed by atoms with E-state index in [4.69, 9.17) is 4.74 Å². The van der Waals surface area contributed by atoms with Crippen molar-refractivity contribution in [1.82, 2.24) is 0 Å². The summed E-state index contributed by atoms with van der Waals surface area (Å²) >= 11 is 0. The molecular weight excluding hydrogens is 327 g/mol. The molecule has 0 aliphatic rings. The zero-order valence-electron chi connectivity index (χ0n) is 12.8. The van der Waals surface area contributed by atoms with Gasteiger partial charge < -0.3 is 4.74 Å². The van der Waals surface area contributed by atoms with Crippen LogP contribution >= 0.6 is 0 Å². The Kier molecular flexibility index (Phi) is 23.5. The van der Waals surface area contributed by atoms with Gasteiger partial charge in [0.15, 0.2) is 0 Å². The largest absolute Gasteiger partial charge is 2.00 e. The molecule has 0 unspecified atom stereocenters. The van der Waals surface area contributed by atoms with Gasteiger partial charge in [-0.15, -0.1) is 0 Å². The predicted octanol–water partition coefficient (Wildman–Crippen LogP) is 5.34. The molecule has 0 N–H and O–H groups in total. The average Bonchev–Trinajstić information content (AvgIpc) is 2.35. The zero-order valence-corrected chi connectivity index (χ0v) is 15.7. The van der Waals surface area contributed by atoms with Crippen molar-refractivity contribution in [3.05, 3.63) is 0 Å². The van der Waals surface area contributed by atoms with Gasteiger partial charge in [0.05, 0.1) is 0 Å². The molecule has 0 rings (SSSR count). The van der Waals surface area contributed by atoms with Crippen LogP contribution < -0.4 is 0 Å². The van der Waals surface area contributed by atoms with Gasteiger partial charge in [-0.1, -0.05) is 78.1 Å². The monoisotopic (exact) mass is 362 g/mol. The summed E-state index contributed by atoms with van der Waals surface area (Å²) in [6.45, 7) is 6.51. The van der Waals surface area contributed by atoms with Gasteiger partial charge in [0.1, 0.15) is 0 Å². The van der Waals surface area contributed by atoms with Gasteiger partial charge in [0, 0.05) is 13.2 Å². The second-order valence-corrected chi connectivity index (χ2v) is 5.15. The van der Waals surface area contributed by atoms with Gasteiger partial charge in [-0.25, -0.2) is 0 Å². The Morgan fingerprint density at radius 1 is 0.500 bits per heavy atom. The van der Waals surface area contributed by atoms with Crippen LogP contribution in [0.3, 0.4) is 0 Å². The van der Waals surface area contributed by atoms with Crippen molar-refractivity contribution in [2.75, 3.05) is 13.2 Å². The first-order valence-electron chi connectivity index (χ1n) is 7.99. The minimum Gasteiger partial charge on any atom is -0.381 e. The van der Waals surface area contributed by atoms with Crippen molar-refractivity contribution in [3.8, 4) is 0 Å². The minimum atomic E-state index is 0. The third kappa shape index (κ3) is 19.1. The van der Waals surface area contributed by atoms with Crippen molar-refractivity contribution < 1.29 is 4.74 Å². The number of hydrogen-bond donors (Lipinski definition) is 0. The summed E-state index contributed by atoms with van der Waals surface area (Å²) in [6, 6.07) is 0. The molecule has 0 aromatic heterocycles. The molecule has 0 saturated carbocycles. The molecule has 2 heteroatoms. The number of unbranched alkanes of at least 4 members (excludes halogenated alkanes) is 10. The summed E-state index contributed by atoms with van der Waals surface area (Å²) in [5.74, 6) is 0. The van der Waals surface area contributed by atoms with E-state index in [0.29, 0.717) is 0 Å².